The first-order chi connectivity index (χ1) is 13.0. The number of amides is 3. The second-order valence-corrected chi connectivity index (χ2v) is 6.23. The van der Waals surface area contributed by atoms with Gasteiger partial charge in [-0.05, 0) is 36.2 Å². The minimum Gasteiger partial charge on any atom is -0.354 e. The molecule has 0 aliphatic heterocycles. The molecule has 6 heteroatoms. The molecule has 0 fully saturated rings. The van der Waals surface area contributed by atoms with Gasteiger partial charge < -0.3 is 15.5 Å². The standard InChI is InChI=1S/C21H25N3O3/c1-16(25)23-19-9-11-20(12-10-19)24(17(2)26)15-14-22-21(27)13-8-18-6-4-3-5-7-18/h3-7,9-12H,8,13-15H2,1-2H3,(H,22,27)(H,23,25). The van der Waals surface area contributed by atoms with Crippen LogP contribution < -0.4 is 15.5 Å². The number of nitrogens with zero attached hydrogens (tertiary/aromatic N) is 1. The second-order valence-electron chi connectivity index (χ2n) is 6.23. The van der Waals surface area contributed by atoms with Gasteiger partial charge in [-0.15, -0.1) is 0 Å². The number of rotatable bonds is 8. The lowest BCUT2D eigenvalue weighted by molar-refractivity contribution is -0.121. The van der Waals surface area contributed by atoms with Gasteiger partial charge in [0.25, 0.3) is 0 Å². The Morgan fingerprint density at radius 1 is 0.926 bits per heavy atom. The molecule has 0 aliphatic rings. The summed E-state index contributed by atoms with van der Waals surface area (Å²) in [5.74, 6) is -0.298. The Morgan fingerprint density at radius 3 is 2.19 bits per heavy atom. The molecule has 27 heavy (non-hydrogen) atoms. The van der Waals surface area contributed by atoms with Crippen molar-refractivity contribution >= 4 is 29.1 Å². The van der Waals surface area contributed by atoms with Crippen molar-refractivity contribution in [3.05, 3.63) is 60.2 Å². The van der Waals surface area contributed by atoms with Gasteiger partial charge in [0.15, 0.2) is 0 Å². The number of carbonyl (C=O) groups excluding carboxylic acids is 3. The number of hydrogen-bond acceptors (Lipinski definition) is 3. The number of nitrogens with one attached hydrogen (secondary N) is 2. The van der Waals surface area contributed by atoms with Gasteiger partial charge in [-0.2, -0.15) is 0 Å². The Kier molecular flexibility index (Phi) is 7.55. The molecule has 0 aliphatic carbocycles. The Morgan fingerprint density at radius 2 is 1.59 bits per heavy atom. The van der Waals surface area contributed by atoms with Gasteiger partial charge in [0.1, 0.15) is 0 Å². The van der Waals surface area contributed by atoms with Crippen molar-refractivity contribution in [2.45, 2.75) is 26.7 Å². The van der Waals surface area contributed by atoms with E-state index in [1.54, 1.807) is 29.2 Å². The fraction of sp³-hybridized carbons (Fsp3) is 0.286. The van der Waals surface area contributed by atoms with Gasteiger partial charge in [0.05, 0.1) is 0 Å². The summed E-state index contributed by atoms with van der Waals surface area (Å²) in [7, 11) is 0. The van der Waals surface area contributed by atoms with Gasteiger partial charge in [-0.25, -0.2) is 0 Å². The van der Waals surface area contributed by atoms with Gasteiger partial charge in [0.2, 0.25) is 17.7 Å². The maximum absolute atomic E-state index is 12.0. The van der Waals surface area contributed by atoms with Crippen LogP contribution in [0.5, 0.6) is 0 Å². The Bertz CT molecular complexity index is 773. The lowest BCUT2D eigenvalue weighted by Crippen LogP contribution is -2.37. The van der Waals surface area contributed by atoms with E-state index in [0.717, 1.165) is 11.3 Å². The highest BCUT2D eigenvalue weighted by Crippen LogP contribution is 2.18. The van der Waals surface area contributed by atoms with Gasteiger partial charge in [-0.1, -0.05) is 30.3 Å². The Labute approximate surface area is 159 Å². The molecule has 0 aromatic heterocycles. The second kappa shape index (κ2) is 10.1. The van der Waals surface area contributed by atoms with Crippen molar-refractivity contribution in [2.75, 3.05) is 23.3 Å². The number of aryl methyl sites for hydroxylation is 1. The molecule has 0 radical (unpaired) electrons. The predicted octanol–water partition coefficient (Wildman–Crippen LogP) is 2.75. The van der Waals surface area contributed by atoms with Crippen molar-refractivity contribution in [1.82, 2.24) is 5.32 Å². The molecular weight excluding hydrogens is 342 g/mol. The highest BCUT2D eigenvalue weighted by Gasteiger charge is 2.12. The third kappa shape index (κ3) is 6.93. The van der Waals surface area contributed by atoms with Crippen LogP contribution in [-0.4, -0.2) is 30.8 Å². The van der Waals surface area contributed by atoms with Crippen molar-refractivity contribution in [3.63, 3.8) is 0 Å². The molecule has 2 aromatic carbocycles. The molecule has 3 amide bonds. The van der Waals surface area contributed by atoms with Crippen molar-refractivity contribution < 1.29 is 14.4 Å². The van der Waals surface area contributed by atoms with Crippen LogP contribution in [0.4, 0.5) is 11.4 Å². The molecule has 142 valence electrons. The van der Waals surface area contributed by atoms with Crippen molar-refractivity contribution in [1.29, 1.82) is 0 Å². The van der Waals surface area contributed by atoms with E-state index in [9.17, 15) is 14.4 Å². The van der Waals surface area contributed by atoms with E-state index in [0.29, 0.717) is 31.6 Å². The molecular formula is C21H25N3O3. The van der Waals surface area contributed by atoms with Crippen molar-refractivity contribution in [2.24, 2.45) is 0 Å². The molecule has 0 saturated carbocycles. The Balaban J connectivity index is 1.82. The number of carbonyl (C=O) groups is 3. The molecule has 0 heterocycles. The van der Waals surface area contributed by atoms with Crippen LogP contribution in [0.25, 0.3) is 0 Å². The first-order valence-corrected chi connectivity index (χ1v) is 8.92. The summed E-state index contributed by atoms with van der Waals surface area (Å²) in [5.41, 5.74) is 2.51. The topological polar surface area (TPSA) is 78.5 Å². The third-order valence-corrected chi connectivity index (χ3v) is 4.02. The molecule has 2 rings (SSSR count). The summed E-state index contributed by atoms with van der Waals surface area (Å²) in [5, 5.41) is 5.54. The molecule has 0 bridgehead atoms. The fourth-order valence-electron chi connectivity index (χ4n) is 2.69. The Hall–Kier alpha value is -3.15. The molecule has 2 aromatic rings. The van der Waals surface area contributed by atoms with E-state index in [1.165, 1.54) is 13.8 Å². The summed E-state index contributed by atoms with van der Waals surface area (Å²) in [6, 6.07) is 16.9. The van der Waals surface area contributed by atoms with Crippen LogP contribution in [0, 0.1) is 0 Å². The summed E-state index contributed by atoms with van der Waals surface area (Å²) in [6.07, 6.45) is 1.10. The summed E-state index contributed by atoms with van der Waals surface area (Å²) in [6.45, 7) is 3.68. The van der Waals surface area contributed by atoms with E-state index >= 15 is 0 Å². The maximum Gasteiger partial charge on any atom is 0.223 e. The zero-order valence-corrected chi connectivity index (χ0v) is 15.7. The first-order valence-electron chi connectivity index (χ1n) is 8.92. The minimum atomic E-state index is -0.149. The highest BCUT2D eigenvalue weighted by atomic mass is 16.2. The van der Waals surface area contributed by atoms with Gasteiger partial charge >= 0.3 is 0 Å². The monoisotopic (exact) mass is 367 g/mol. The summed E-state index contributed by atoms with van der Waals surface area (Å²) in [4.78, 5) is 36.6. The zero-order chi connectivity index (χ0) is 19.6. The average Bonchev–Trinajstić information content (AvgIpc) is 2.64. The third-order valence-electron chi connectivity index (χ3n) is 4.02. The van der Waals surface area contributed by atoms with Crippen LogP contribution >= 0.6 is 0 Å². The fourth-order valence-corrected chi connectivity index (χ4v) is 2.69. The molecule has 2 N–H and O–H groups in total. The lowest BCUT2D eigenvalue weighted by atomic mass is 10.1. The van der Waals surface area contributed by atoms with Crippen molar-refractivity contribution in [3.8, 4) is 0 Å². The number of anilines is 2. The van der Waals surface area contributed by atoms with Crippen LogP contribution in [0.1, 0.15) is 25.8 Å². The molecule has 0 atom stereocenters. The molecule has 0 spiro atoms. The molecule has 0 unspecified atom stereocenters. The lowest BCUT2D eigenvalue weighted by Gasteiger charge is -2.21. The minimum absolute atomic E-state index is 0.0386. The average molecular weight is 367 g/mol. The normalized spacial score (nSPS) is 10.1. The SMILES string of the molecule is CC(=O)Nc1ccc(N(CCNC(=O)CCc2ccccc2)C(C)=O)cc1. The van der Waals surface area contributed by atoms with E-state index < -0.39 is 0 Å². The largest absolute Gasteiger partial charge is 0.354 e. The van der Waals surface area contributed by atoms with E-state index in [1.807, 2.05) is 30.3 Å². The van der Waals surface area contributed by atoms with E-state index in [-0.39, 0.29) is 17.7 Å². The zero-order valence-electron chi connectivity index (χ0n) is 15.7. The number of hydrogen-bond donors (Lipinski definition) is 2. The number of benzene rings is 2. The molecule has 0 saturated heterocycles. The van der Waals surface area contributed by atoms with E-state index in [2.05, 4.69) is 10.6 Å². The van der Waals surface area contributed by atoms with Gasteiger partial charge in [0, 0.05) is 44.7 Å². The van der Waals surface area contributed by atoms with Crippen LogP contribution in [0.3, 0.4) is 0 Å². The maximum atomic E-state index is 12.0. The van der Waals surface area contributed by atoms with Crippen LogP contribution in [0.15, 0.2) is 54.6 Å². The first kappa shape index (κ1) is 20.2. The van der Waals surface area contributed by atoms with Crippen LogP contribution in [-0.2, 0) is 20.8 Å². The summed E-state index contributed by atoms with van der Waals surface area (Å²) >= 11 is 0. The van der Waals surface area contributed by atoms with Gasteiger partial charge in [-0.3, -0.25) is 14.4 Å². The highest BCUT2D eigenvalue weighted by molar-refractivity contribution is 5.93. The summed E-state index contributed by atoms with van der Waals surface area (Å²) < 4.78 is 0. The molecule has 6 nitrogen and oxygen atoms in total. The predicted molar refractivity (Wildman–Crippen MR) is 107 cm³/mol. The quantitative estimate of drug-likeness (QED) is 0.753. The van der Waals surface area contributed by atoms with Crippen LogP contribution in [0.2, 0.25) is 0 Å². The van der Waals surface area contributed by atoms with E-state index in [4.69, 9.17) is 0 Å². The smallest absolute Gasteiger partial charge is 0.223 e.